The summed E-state index contributed by atoms with van der Waals surface area (Å²) < 4.78 is 0. The molecule has 1 unspecified atom stereocenters. The first-order chi connectivity index (χ1) is 12.2. The molecular weight excluding hydrogens is 310 g/mol. The van der Waals surface area contributed by atoms with E-state index in [0.717, 1.165) is 12.0 Å². The van der Waals surface area contributed by atoms with Crippen molar-refractivity contribution in [2.24, 2.45) is 0 Å². The predicted molar refractivity (Wildman–Crippen MR) is 101 cm³/mol. The minimum Gasteiger partial charge on any atom is -0.396 e. The summed E-state index contributed by atoms with van der Waals surface area (Å²) >= 11 is 0. The molecule has 1 aliphatic rings. The van der Waals surface area contributed by atoms with E-state index in [-0.39, 0.29) is 12.5 Å². The van der Waals surface area contributed by atoms with Crippen LogP contribution in [0.2, 0.25) is 0 Å². The molecule has 0 spiro atoms. The molecule has 2 aromatic rings. The zero-order valence-electron chi connectivity index (χ0n) is 14.7. The topological polar surface area (TPSA) is 40.5 Å². The van der Waals surface area contributed by atoms with Gasteiger partial charge in [0.1, 0.15) is 0 Å². The first-order valence-electron chi connectivity index (χ1n) is 8.89. The van der Waals surface area contributed by atoms with E-state index in [9.17, 15) is 9.90 Å². The number of carbonyl (C=O) groups is 1. The minimum atomic E-state index is -0.501. The highest BCUT2D eigenvalue weighted by molar-refractivity contribution is 5.78. The molecule has 0 saturated heterocycles. The molecule has 1 amide bonds. The molecule has 0 aromatic heterocycles. The summed E-state index contributed by atoms with van der Waals surface area (Å²) in [5.41, 5.74) is 3.07. The average molecular weight is 335 g/mol. The van der Waals surface area contributed by atoms with Crippen molar-refractivity contribution in [1.29, 1.82) is 0 Å². The molecular formula is C22H25NO2. The van der Waals surface area contributed by atoms with Crippen molar-refractivity contribution in [3.63, 3.8) is 0 Å². The number of amides is 1. The van der Waals surface area contributed by atoms with Crippen LogP contribution in [-0.4, -0.2) is 29.1 Å². The Morgan fingerprint density at radius 1 is 1.08 bits per heavy atom. The molecule has 1 heterocycles. The number of rotatable bonds is 5. The molecule has 2 aromatic carbocycles. The molecule has 1 N–H and O–H groups in total. The monoisotopic (exact) mass is 335 g/mol. The molecule has 25 heavy (non-hydrogen) atoms. The summed E-state index contributed by atoms with van der Waals surface area (Å²) in [6, 6.07) is 20.5. The second-order valence-electron chi connectivity index (χ2n) is 6.57. The van der Waals surface area contributed by atoms with Gasteiger partial charge < -0.3 is 10.0 Å². The van der Waals surface area contributed by atoms with Crippen LogP contribution < -0.4 is 0 Å². The maximum absolute atomic E-state index is 12.4. The molecule has 0 saturated carbocycles. The van der Waals surface area contributed by atoms with Crippen LogP contribution in [0.1, 0.15) is 37.3 Å². The maximum Gasteiger partial charge on any atom is 0.220 e. The first kappa shape index (κ1) is 17.4. The lowest BCUT2D eigenvalue weighted by Gasteiger charge is -2.46. The van der Waals surface area contributed by atoms with Gasteiger partial charge in [0.05, 0.1) is 5.54 Å². The molecule has 1 atom stereocenters. The Kier molecular flexibility index (Phi) is 5.34. The van der Waals surface area contributed by atoms with E-state index >= 15 is 0 Å². The second-order valence-corrected chi connectivity index (χ2v) is 6.57. The average Bonchev–Trinajstić information content (AvgIpc) is 2.67. The fraction of sp³-hybridized carbons (Fsp3) is 0.318. The Morgan fingerprint density at radius 2 is 1.72 bits per heavy atom. The Balaban J connectivity index is 2.15. The number of benzene rings is 2. The molecule has 0 radical (unpaired) electrons. The summed E-state index contributed by atoms with van der Waals surface area (Å²) in [7, 11) is 0. The highest BCUT2D eigenvalue weighted by Gasteiger charge is 2.40. The lowest BCUT2D eigenvalue weighted by molar-refractivity contribution is -0.134. The summed E-state index contributed by atoms with van der Waals surface area (Å²) in [4.78, 5) is 14.4. The minimum absolute atomic E-state index is 0.0742. The van der Waals surface area contributed by atoms with Crippen molar-refractivity contribution in [2.75, 3.05) is 13.2 Å². The molecule has 3 nitrogen and oxygen atoms in total. The SMILES string of the molecule is CC(=O)N1CCC(c2ccccc2)=CC1(CCCO)c1ccccc1. The largest absolute Gasteiger partial charge is 0.396 e. The van der Waals surface area contributed by atoms with Gasteiger partial charge in [0.15, 0.2) is 0 Å². The smallest absolute Gasteiger partial charge is 0.220 e. The van der Waals surface area contributed by atoms with Gasteiger partial charge in [0.2, 0.25) is 5.91 Å². The van der Waals surface area contributed by atoms with Crippen molar-refractivity contribution >= 4 is 11.5 Å². The van der Waals surface area contributed by atoms with Gasteiger partial charge >= 0.3 is 0 Å². The molecule has 0 fully saturated rings. The zero-order valence-corrected chi connectivity index (χ0v) is 14.7. The number of aliphatic hydroxyl groups is 1. The van der Waals surface area contributed by atoms with E-state index in [1.165, 1.54) is 11.1 Å². The van der Waals surface area contributed by atoms with E-state index in [0.29, 0.717) is 19.4 Å². The van der Waals surface area contributed by atoms with Crippen molar-refractivity contribution in [3.8, 4) is 0 Å². The fourth-order valence-corrected chi connectivity index (χ4v) is 3.85. The highest BCUT2D eigenvalue weighted by atomic mass is 16.3. The molecule has 130 valence electrons. The lowest BCUT2D eigenvalue weighted by atomic mass is 9.78. The van der Waals surface area contributed by atoms with Crippen LogP contribution in [-0.2, 0) is 10.3 Å². The van der Waals surface area contributed by atoms with Gasteiger partial charge in [-0.25, -0.2) is 0 Å². The molecule has 3 heteroatoms. The third-order valence-electron chi connectivity index (χ3n) is 5.01. The maximum atomic E-state index is 12.4. The normalized spacial score (nSPS) is 20.2. The van der Waals surface area contributed by atoms with E-state index in [4.69, 9.17) is 0 Å². The van der Waals surface area contributed by atoms with E-state index in [1.54, 1.807) is 6.92 Å². The Hall–Kier alpha value is -2.39. The van der Waals surface area contributed by atoms with E-state index in [2.05, 4.69) is 30.3 Å². The predicted octanol–water partition coefficient (Wildman–Crippen LogP) is 3.99. The highest BCUT2D eigenvalue weighted by Crippen LogP contribution is 2.42. The number of hydrogen-bond acceptors (Lipinski definition) is 2. The van der Waals surface area contributed by atoms with Gasteiger partial charge in [-0.05, 0) is 36.0 Å². The van der Waals surface area contributed by atoms with Crippen molar-refractivity contribution in [3.05, 3.63) is 77.9 Å². The standard InChI is InChI=1S/C22H25NO2/c1-18(25)23-15-13-20(19-9-4-2-5-10-19)17-22(23,14-8-16-24)21-11-6-3-7-12-21/h2-7,9-12,17,24H,8,13-16H2,1H3. The second kappa shape index (κ2) is 7.66. The van der Waals surface area contributed by atoms with Crippen LogP contribution in [0.5, 0.6) is 0 Å². The van der Waals surface area contributed by atoms with Gasteiger partial charge in [-0.3, -0.25) is 4.79 Å². The van der Waals surface area contributed by atoms with Crippen LogP contribution in [0, 0.1) is 0 Å². The number of carbonyl (C=O) groups excluding carboxylic acids is 1. The lowest BCUT2D eigenvalue weighted by Crippen LogP contribution is -2.50. The van der Waals surface area contributed by atoms with Crippen molar-refractivity contribution in [1.82, 2.24) is 4.90 Å². The molecule has 0 bridgehead atoms. The van der Waals surface area contributed by atoms with Crippen LogP contribution in [0.3, 0.4) is 0 Å². The van der Waals surface area contributed by atoms with Crippen molar-refractivity contribution in [2.45, 2.75) is 31.7 Å². The first-order valence-corrected chi connectivity index (χ1v) is 8.89. The quantitative estimate of drug-likeness (QED) is 0.897. The Bertz CT molecular complexity index is 739. The number of nitrogens with zero attached hydrogens (tertiary/aromatic N) is 1. The summed E-state index contributed by atoms with van der Waals surface area (Å²) in [5, 5.41) is 9.44. The molecule has 0 aliphatic carbocycles. The van der Waals surface area contributed by atoms with Crippen LogP contribution in [0.15, 0.2) is 66.7 Å². The van der Waals surface area contributed by atoms with E-state index in [1.807, 2.05) is 41.3 Å². The third-order valence-corrected chi connectivity index (χ3v) is 5.01. The van der Waals surface area contributed by atoms with Crippen LogP contribution in [0.4, 0.5) is 0 Å². The van der Waals surface area contributed by atoms with Gasteiger partial charge in [-0.15, -0.1) is 0 Å². The van der Waals surface area contributed by atoms with E-state index < -0.39 is 5.54 Å². The van der Waals surface area contributed by atoms with Crippen molar-refractivity contribution < 1.29 is 9.90 Å². The summed E-state index contributed by atoms with van der Waals surface area (Å²) in [5.74, 6) is 0.0742. The van der Waals surface area contributed by atoms with Gasteiger partial charge in [0.25, 0.3) is 0 Å². The Labute approximate surface area is 149 Å². The summed E-state index contributed by atoms with van der Waals surface area (Å²) in [6.07, 6.45) is 4.45. The summed E-state index contributed by atoms with van der Waals surface area (Å²) in [6.45, 7) is 2.45. The number of aliphatic hydroxyl groups excluding tert-OH is 1. The zero-order chi connectivity index (χ0) is 17.7. The van der Waals surface area contributed by atoms with Gasteiger partial charge in [-0.1, -0.05) is 66.7 Å². The van der Waals surface area contributed by atoms with Gasteiger partial charge in [-0.2, -0.15) is 0 Å². The molecule has 1 aliphatic heterocycles. The van der Waals surface area contributed by atoms with Crippen LogP contribution in [0.25, 0.3) is 5.57 Å². The van der Waals surface area contributed by atoms with Gasteiger partial charge in [0, 0.05) is 20.1 Å². The number of hydrogen-bond donors (Lipinski definition) is 1. The molecule has 3 rings (SSSR count). The Morgan fingerprint density at radius 3 is 2.32 bits per heavy atom. The third kappa shape index (κ3) is 3.52. The fourth-order valence-electron chi connectivity index (χ4n) is 3.85. The van der Waals surface area contributed by atoms with Crippen LogP contribution >= 0.6 is 0 Å².